The lowest BCUT2D eigenvalue weighted by atomic mass is 10.0. The number of nitrogens with zero attached hydrogens (tertiary/aromatic N) is 2. The maximum atomic E-state index is 12.8. The van der Waals surface area contributed by atoms with E-state index in [1.165, 1.54) is 0 Å². The number of halogens is 1. The summed E-state index contributed by atoms with van der Waals surface area (Å²) in [4.78, 5) is 34.2. The first-order valence-electron chi connectivity index (χ1n) is 8.54. The van der Waals surface area contributed by atoms with Gasteiger partial charge in [0, 0.05) is 24.0 Å². The number of imidazole rings is 1. The Labute approximate surface area is 157 Å². The quantitative estimate of drug-likeness (QED) is 0.765. The largest absolute Gasteiger partial charge is 0.350 e. The molecule has 3 N–H and O–H groups in total. The van der Waals surface area contributed by atoms with E-state index in [2.05, 4.69) is 20.6 Å². The molecule has 0 saturated heterocycles. The van der Waals surface area contributed by atoms with Crippen molar-refractivity contribution in [2.75, 3.05) is 0 Å². The molecular formula is C18H22ClN5O2. The van der Waals surface area contributed by atoms with Gasteiger partial charge in [0.25, 0.3) is 0 Å². The number of benzene rings is 1. The summed E-state index contributed by atoms with van der Waals surface area (Å²) in [5.74, 6) is -0.201. The fraction of sp³-hybridized carbons (Fsp3) is 0.389. The molecule has 7 nitrogen and oxygen atoms in total. The Morgan fingerprint density at radius 3 is 2.77 bits per heavy atom. The standard InChI is InChI=1S/C18H22ClN5O2/c1-11(2)23-18(26)24-9-15-14(21-10-22-15)7-16(24)17(25)20-8-12-3-5-13(19)6-4-12/h3-6,10-11,16H,7-9H2,1-2H3,(H,20,25)(H,21,22)(H,23,26)/t16-/m0/s1. The van der Waals surface area contributed by atoms with E-state index in [4.69, 9.17) is 11.6 Å². The van der Waals surface area contributed by atoms with Gasteiger partial charge in [-0.2, -0.15) is 0 Å². The van der Waals surface area contributed by atoms with Gasteiger partial charge in [-0.1, -0.05) is 23.7 Å². The number of H-pyrrole nitrogens is 1. The predicted octanol–water partition coefficient (Wildman–Crippen LogP) is 2.22. The van der Waals surface area contributed by atoms with Gasteiger partial charge in [0.2, 0.25) is 5.91 Å². The van der Waals surface area contributed by atoms with Crippen molar-refractivity contribution >= 4 is 23.5 Å². The van der Waals surface area contributed by atoms with Crippen LogP contribution in [0.4, 0.5) is 4.79 Å². The zero-order valence-corrected chi connectivity index (χ0v) is 15.5. The van der Waals surface area contributed by atoms with Crippen molar-refractivity contribution in [2.24, 2.45) is 0 Å². The summed E-state index contributed by atoms with van der Waals surface area (Å²) in [6, 6.07) is 6.41. The normalized spacial score (nSPS) is 16.3. The van der Waals surface area contributed by atoms with Gasteiger partial charge in [0.05, 0.1) is 24.3 Å². The third-order valence-corrected chi connectivity index (χ3v) is 4.51. The van der Waals surface area contributed by atoms with E-state index in [-0.39, 0.29) is 18.0 Å². The zero-order valence-electron chi connectivity index (χ0n) is 14.8. The van der Waals surface area contributed by atoms with Crippen LogP contribution in [0.5, 0.6) is 0 Å². The number of carbonyl (C=O) groups excluding carboxylic acids is 2. The summed E-state index contributed by atoms with van der Waals surface area (Å²) in [5.41, 5.74) is 2.63. The number of aromatic nitrogens is 2. The second kappa shape index (κ2) is 7.78. The van der Waals surface area contributed by atoms with Gasteiger partial charge in [0.15, 0.2) is 0 Å². The van der Waals surface area contributed by atoms with Gasteiger partial charge < -0.3 is 20.5 Å². The molecule has 2 heterocycles. The van der Waals surface area contributed by atoms with Crippen LogP contribution in [0.3, 0.4) is 0 Å². The highest BCUT2D eigenvalue weighted by Gasteiger charge is 2.36. The number of amides is 3. The number of hydrogen-bond donors (Lipinski definition) is 3. The average molecular weight is 376 g/mol. The van der Waals surface area contributed by atoms with Crippen molar-refractivity contribution in [3.63, 3.8) is 0 Å². The molecule has 0 saturated carbocycles. The Balaban J connectivity index is 1.72. The number of carbonyl (C=O) groups is 2. The Hall–Kier alpha value is -2.54. The first kappa shape index (κ1) is 18.3. The average Bonchev–Trinajstić information content (AvgIpc) is 3.06. The molecule has 0 bridgehead atoms. The summed E-state index contributed by atoms with van der Waals surface area (Å²) >= 11 is 5.88. The minimum atomic E-state index is -0.600. The van der Waals surface area contributed by atoms with Crippen molar-refractivity contribution in [3.8, 4) is 0 Å². The molecule has 2 aromatic rings. The van der Waals surface area contributed by atoms with E-state index >= 15 is 0 Å². The summed E-state index contributed by atoms with van der Waals surface area (Å²) in [5, 5.41) is 6.41. The number of fused-ring (bicyclic) bond motifs is 1. The van der Waals surface area contributed by atoms with Crippen LogP contribution in [0.1, 0.15) is 30.8 Å². The van der Waals surface area contributed by atoms with Gasteiger partial charge in [-0.15, -0.1) is 0 Å². The van der Waals surface area contributed by atoms with Crippen molar-refractivity contribution < 1.29 is 9.59 Å². The van der Waals surface area contributed by atoms with E-state index in [0.29, 0.717) is 24.5 Å². The third-order valence-electron chi connectivity index (χ3n) is 4.25. The molecule has 138 valence electrons. The maximum Gasteiger partial charge on any atom is 0.318 e. The van der Waals surface area contributed by atoms with Crippen LogP contribution in [-0.2, 0) is 24.3 Å². The fourth-order valence-electron chi connectivity index (χ4n) is 2.92. The predicted molar refractivity (Wildman–Crippen MR) is 98.6 cm³/mol. The molecule has 1 aliphatic rings. The molecule has 0 unspecified atom stereocenters. The minimum Gasteiger partial charge on any atom is -0.350 e. The monoisotopic (exact) mass is 375 g/mol. The molecule has 3 rings (SSSR count). The fourth-order valence-corrected chi connectivity index (χ4v) is 3.05. The van der Waals surface area contributed by atoms with Gasteiger partial charge in [-0.3, -0.25) is 4.79 Å². The van der Waals surface area contributed by atoms with Crippen molar-refractivity contribution in [2.45, 2.75) is 45.4 Å². The van der Waals surface area contributed by atoms with E-state index in [0.717, 1.165) is 17.0 Å². The zero-order chi connectivity index (χ0) is 18.7. The summed E-state index contributed by atoms with van der Waals surface area (Å²) in [7, 11) is 0. The van der Waals surface area contributed by atoms with Crippen LogP contribution < -0.4 is 10.6 Å². The third kappa shape index (κ3) is 4.16. The van der Waals surface area contributed by atoms with Crippen LogP contribution in [0.15, 0.2) is 30.6 Å². The van der Waals surface area contributed by atoms with Gasteiger partial charge in [-0.25, -0.2) is 9.78 Å². The first-order chi connectivity index (χ1) is 12.4. The van der Waals surface area contributed by atoms with Gasteiger partial charge in [0.1, 0.15) is 6.04 Å². The molecule has 1 aromatic heterocycles. The van der Waals surface area contributed by atoms with E-state index in [9.17, 15) is 9.59 Å². The molecule has 26 heavy (non-hydrogen) atoms. The number of aromatic amines is 1. The topological polar surface area (TPSA) is 90.1 Å². The molecule has 0 aliphatic carbocycles. The van der Waals surface area contributed by atoms with Gasteiger partial charge in [-0.05, 0) is 31.5 Å². The number of nitrogens with one attached hydrogen (secondary N) is 3. The molecule has 1 aromatic carbocycles. The summed E-state index contributed by atoms with van der Waals surface area (Å²) in [6.45, 7) is 4.48. The molecule has 0 spiro atoms. The van der Waals surface area contributed by atoms with Crippen LogP contribution in [0.25, 0.3) is 0 Å². The maximum absolute atomic E-state index is 12.8. The van der Waals surface area contributed by atoms with Crippen molar-refractivity contribution in [3.05, 3.63) is 52.6 Å². The van der Waals surface area contributed by atoms with E-state index in [1.807, 2.05) is 26.0 Å². The van der Waals surface area contributed by atoms with Crippen LogP contribution in [0, 0.1) is 0 Å². The Kier molecular flexibility index (Phi) is 5.46. The molecule has 3 amide bonds. The lowest BCUT2D eigenvalue weighted by molar-refractivity contribution is -0.126. The number of urea groups is 1. The van der Waals surface area contributed by atoms with Crippen LogP contribution in [-0.4, -0.2) is 38.9 Å². The Morgan fingerprint density at radius 2 is 2.08 bits per heavy atom. The minimum absolute atomic E-state index is 0.0107. The van der Waals surface area contributed by atoms with E-state index < -0.39 is 6.04 Å². The van der Waals surface area contributed by atoms with Crippen LogP contribution in [0.2, 0.25) is 5.02 Å². The second-order valence-corrected chi connectivity index (χ2v) is 7.06. The Morgan fingerprint density at radius 1 is 1.35 bits per heavy atom. The molecule has 1 aliphatic heterocycles. The lowest BCUT2D eigenvalue weighted by Crippen LogP contribution is -2.56. The lowest BCUT2D eigenvalue weighted by Gasteiger charge is -2.34. The molecule has 1 atom stereocenters. The highest BCUT2D eigenvalue weighted by atomic mass is 35.5. The van der Waals surface area contributed by atoms with E-state index in [1.54, 1.807) is 23.4 Å². The van der Waals surface area contributed by atoms with Crippen LogP contribution >= 0.6 is 11.6 Å². The smallest absolute Gasteiger partial charge is 0.318 e. The summed E-state index contributed by atoms with van der Waals surface area (Å²) in [6.07, 6.45) is 1.98. The molecular weight excluding hydrogens is 354 g/mol. The Bertz CT molecular complexity index is 787. The molecule has 0 radical (unpaired) electrons. The van der Waals surface area contributed by atoms with Crippen molar-refractivity contribution in [1.82, 2.24) is 25.5 Å². The van der Waals surface area contributed by atoms with Gasteiger partial charge >= 0.3 is 6.03 Å². The number of hydrogen-bond acceptors (Lipinski definition) is 3. The molecule has 0 fully saturated rings. The highest BCUT2D eigenvalue weighted by molar-refractivity contribution is 6.30. The second-order valence-electron chi connectivity index (χ2n) is 6.62. The number of rotatable bonds is 4. The SMILES string of the molecule is CC(C)NC(=O)N1Cc2[nH]cnc2C[C@H]1C(=O)NCc1ccc(Cl)cc1. The highest BCUT2D eigenvalue weighted by Crippen LogP contribution is 2.21. The first-order valence-corrected chi connectivity index (χ1v) is 8.92. The summed E-state index contributed by atoms with van der Waals surface area (Å²) < 4.78 is 0. The molecule has 8 heteroatoms. The van der Waals surface area contributed by atoms with Crippen molar-refractivity contribution in [1.29, 1.82) is 0 Å².